The van der Waals surface area contributed by atoms with Crippen LogP contribution in [0.4, 0.5) is 10.5 Å². The lowest BCUT2D eigenvalue weighted by molar-refractivity contribution is -0.141. The van der Waals surface area contributed by atoms with Gasteiger partial charge in [-0.15, -0.1) is 0 Å². The van der Waals surface area contributed by atoms with Crippen LogP contribution < -0.4 is 10.6 Å². The quantitative estimate of drug-likeness (QED) is 0.733. The number of carbonyl (C=O) groups excluding carboxylic acids is 1. The van der Waals surface area contributed by atoms with E-state index in [9.17, 15) is 9.59 Å². The van der Waals surface area contributed by atoms with Gasteiger partial charge in [0.15, 0.2) is 0 Å². The number of hydrogen-bond acceptors (Lipinski definition) is 3. The van der Waals surface area contributed by atoms with Crippen LogP contribution in [0.2, 0.25) is 0 Å². The lowest BCUT2D eigenvalue weighted by atomic mass is 10.0. The fourth-order valence-electron chi connectivity index (χ4n) is 1.66. The molecule has 104 valence electrons. The maximum Gasteiger partial charge on any atom is 0.319 e. The Morgan fingerprint density at radius 2 is 2.21 bits per heavy atom. The zero-order valence-electron chi connectivity index (χ0n) is 11.1. The maximum absolute atomic E-state index is 11.7. The molecule has 1 unspecified atom stereocenters. The van der Waals surface area contributed by atoms with Gasteiger partial charge < -0.3 is 15.7 Å². The van der Waals surface area contributed by atoms with Crippen LogP contribution in [-0.4, -0.2) is 28.6 Å². The van der Waals surface area contributed by atoms with E-state index < -0.39 is 17.9 Å². The first-order valence-corrected chi connectivity index (χ1v) is 6.23. The Bertz CT molecular complexity index is 449. The first-order chi connectivity index (χ1) is 9.04. The van der Waals surface area contributed by atoms with Gasteiger partial charge in [-0.3, -0.25) is 9.78 Å². The summed E-state index contributed by atoms with van der Waals surface area (Å²) in [6, 6.07) is 3.04. The van der Waals surface area contributed by atoms with E-state index in [2.05, 4.69) is 15.6 Å². The number of aromatic nitrogens is 1. The number of nitrogens with zero attached hydrogens (tertiary/aromatic N) is 1. The number of hydrogen-bond donors (Lipinski definition) is 3. The molecular formula is C13H19N3O3. The monoisotopic (exact) mass is 265 g/mol. The van der Waals surface area contributed by atoms with Gasteiger partial charge in [0.25, 0.3) is 0 Å². The number of pyridine rings is 1. The van der Waals surface area contributed by atoms with Crippen LogP contribution in [0.3, 0.4) is 0 Å². The molecule has 6 nitrogen and oxygen atoms in total. The molecule has 0 aromatic carbocycles. The number of carboxylic acids is 1. The average Bonchev–Trinajstić information content (AvgIpc) is 2.37. The van der Waals surface area contributed by atoms with Crippen LogP contribution in [0.1, 0.15) is 25.5 Å². The Labute approximate surface area is 112 Å². The molecule has 0 saturated heterocycles. The summed E-state index contributed by atoms with van der Waals surface area (Å²) in [5.74, 6) is -1.44. The predicted octanol–water partition coefficient (Wildman–Crippen LogP) is 2.01. The van der Waals surface area contributed by atoms with Crippen molar-refractivity contribution in [1.82, 2.24) is 10.3 Å². The third kappa shape index (κ3) is 4.95. The van der Waals surface area contributed by atoms with E-state index in [0.29, 0.717) is 17.8 Å². The minimum absolute atomic E-state index is 0.119. The second kappa shape index (κ2) is 7.35. The number of anilines is 1. The second-order valence-corrected chi connectivity index (χ2v) is 4.30. The normalized spacial score (nSPS) is 11.7. The zero-order chi connectivity index (χ0) is 14.3. The summed E-state index contributed by atoms with van der Waals surface area (Å²) in [6.45, 7) is 3.82. The van der Waals surface area contributed by atoms with E-state index in [1.807, 2.05) is 6.92 Å². The number of nitrogens with one attached hydrogen (secondary N) is 2. The van der Waals surface area contributed by atoms with E-state index in [1.54, 1.807) is 25.3 Å². The molecule has 1 rings (SSSR count). The smallest absolute Gasteiger partial charge is 0.319 e. The molecule has 0 bridgehead atoms. The summed E-state index contributed by atoms with van der Waals surface area (Å²) in [7, 11) is 0. The summed E-state index contributed by atoms with van der Waals surface area (Å²) >= 11 is 0. The highest BCUT2D eigenvalue weighted by molar-refractivity contribution is 5.90. The Morgan fingerprint density at radius 1 is 1.47 bits per heavy atom. The van der Waals surface area contributed by atoms with Gasteiger partial charge in [-0.25, -0.2) is 4.79 Å². The van der Waals surface area contributed by atoms with Crippen molar-refractivity contribution < 1.29 is 14.7 Å². The summed E-state index contributed by atoms with van der Waals surface area (Å²) in [5, 5.41) is 14.2. The van der Waals surface area contributed by atoms with Crippen molar-refractivity contribution in [3.8, 4) is 0 Å². The fraction of sp³-hybridized carbons (Fsp3) is 0.462. The maximum atomic E-state index is 11.7. The fourth-order valence-corrected chi connectivity index (χ4v) is 1.66. The van der Waals surface area contributed by atoms with Crippen LogP contribution in [0.5, 0.6) is 0 Å². The molecule has 0 spiro atoms. The number of aryl methyl sites for hydroxylation is 1. The van der Waals surface area contributed by atoms with E-state index in [4.69, 9.17) is 5.11 Å². The number of urea groups is 1. The summed E-state index contributed by atoms with van der Waals surface area (Å²) < 4.78 is 0. The highest BCUT2D eigenvalue weighted by atomic mass is 16.4. The molecule has 19 heavy (non-hydrogen) atoms. The van der Waals surface area contributed by atoms with Crippen LogP contribution in [0, 0.1) is 12.8 Å². The minimum Gasteiger partial charge on any atom is -0.481 e. The highest BCUT2D eigenvalue weighted by Crippen LogP contribution is 2.10. The van der Waals surface area contributed by atoms with Crippen LogP contribution in [0.15, 0.2) is 18.3 Å². The lowest BCUT2D eigenvalue weighted by Crippen LogP contribution is -2.35. The molecule has 1 atom stereocenters. The SMILES string of the molecule is CCCC(CNC(=O)Nc1cccnc1C)C(=O)O. The van der Waals surface area contributed by atoms with Crippen LogP contribution in [-0.2, 0) is 4.79 Å². The third-order valence-corrected chi connectivity index (χ3v) is 2.75. The van der Waals surface area contributed by atoms with Crippen molar-refractivity contribution in [2.75, 3.05) is 11.9 Å². The van der Waals surface area contributed by atoms with Crippen LogP contribution in [0.25, 0.3) is 0 Å². The Hall–Kier alpha value is -2.11. The topological polar surface area (TPSA) is 91.3 Å². The largest absolute Gasteiger partial charge is 0.481 e. The van der Waals surface area contributed by atoms with Crippen molar-refractivity contribution in [3.05, 3.63) is 24.0 Å². The van der Waals surface area contributed by atoms with Crippen molar-refractivity contribution >= 4 is 17.7 Å². The van der Waals surface area contributed by atoms with Gasteiger partial charge in [0, 0.05) is 12.7 Å². The second-order valence-electron chi connectivity index (χ2n) is 4.30. The molecule has 1 heterocycles. The first kappa shape index (κ1) is 14.9. The molecule has 0 fully saturated rings. The van der Waals surface area contributed by atoms with E-state index in [0.717, 1.165) is 6.42 Å². The zero-order valence-corrected chi connectivity index (χ0v) is 11.1. The molecule has 1 aromatic heterocycles. The summed E-state index contributed by atoms with van der Waals surface area (Å²) in [5.41, 5.74) is 1.32. The van der Waals surface area contributed by atoms with Gasteiger partial charge in [0.1, 0.15) is 0 Å². The van der Waals surface area contributed by atoms with Gasteiger partial charge >= 0.3 is 12.0 Å². The number of carboxylic acid groups (broad SMARTS) is 1. The molecular weight excluding hydrogens is 246 g/mol. The lowest BCUT2D eigenvalue weighted by Gasteiger charge is -2.13. The molecule has 0 aliphatic rings. The molecule has 3 N–H and O–H groups in total. The van der Waals surface area contributed by atoms with E-state index in [1.165, 1.54) is 0 Å². The minimum atomic E-state index is -0.889. The summed E-state index contributed by atoms with van der Waals surface area (Å²) in [6.07, 6.45) is 2.95. The molecule has 0 aliphatic heterocycles. The molecule has 0 saturated carbocycles. The highest BCUT2D eigenvalue weighted by Gasteiger charge is 2.17. The third-order valence-electron chi connectivity index (χ3n) is 2.75. The average molecular weight is 265 g/mol. The van der Waals surface area contributed by atoms with Crippen LogP contribution >= 0.6 is 0 Å². The van der Waals surface area contributed by atoms with Gasteiger partial charge in [0.2, 0.25) is 0 Å². The van der Waals surface area contributed by atoms with Crippen molar-refractivity contribution in [2.24, 2.45) is 5.92 Å². The summed E-state index contributed by atoms with van der Waals surface area (Å²) in [4.78, 5) is 26.6. The molecule has 0 radical (unpaired) electrons. The molecule has 1 aromatic rings. The van der Waals surface area contributed by atoms with Gasteiger partial charge in [-0.05, 0) is 25.5 Å². The number of aliphatic carboxylic acids is 1. The van der Waals surface area contributed by atoms with Crippen molar-refractivity contribution in [3.63, 3.8) is 0 Å². The molecule has 6 heteroatoms. The van der Waals surface area contributed by atoms with Crippen molar-refractivity contribution in [2.45, 2.75) is 26.7 Å². The Balaban J connectivity index is 2.47. The number of carbonyl (C=O) groups is 2. The first-order valence-electron chi connectivity index (χ1n) is 6.23. The Morgan fingerprint density at radius 3 is 2.79 bits per heavy atom. The number of amides is 2. The van der Waals surface area contributed by atoms with Gasteiger partial charge in [-0.2, -0.15) is 0 Å². The number of rotatable bonds is 6. The standard InChI is InChI=1S/C13H19N3O3/c1-3-5-10(12(17)18)8-15-13(19)16-11-6-4-7-14-9(11)2/h4,6-7,10H,3,5,8H2,1-2H3,(H,17,18)(H2,15,16,19). The Kier molecular flexibility index (Phi) is 5.78. The van der Waals surface area contributed by atoms with E-state index in [-0.39, 0.29) is 6.54 Å². The van der Waals surface area contributed by atoms with E-state index >= 15 is 0 Å². The molecule has 2 amide bonds. The van der Waals surface area contributed by atoms with Crippen molar-refractivity contribution in [1.29, 1.82) is 0 Å². The molecule has 0 aliphatic carbocycles. The van der Waals surface area contributed by atoms with Gasteiger partial charge in [0.05, 0.1) is 17.3 Å². The van der Waals surface area contributed by atoms with Gasteiger partial charge in [-0.1, -0.05) is 13.3 Å². The predicted molar refractivity (Wildman–Crippen MR) is 72.0 cm³/mol.